The van der Waals surface area contributed by atoms with Gasteiger partial charge in [-0.25, -0.2) is 6.57 Å². The zero-order valence-electron chi connectivity index (χ0n) is 14.0. The molecule has 6 atom stereocenters. The molecule has 1 fully saturated rings. The van der Waals surface area contributed by atoms with Crippen molar-refractivity contribution in [2.45, 2.75) is 62.9 Å². The van der Waals surface area contributed by atoms with E-state index in [0.29, 0.717) is 13.8 Å². The number of hydrogen-bond donors (Lipinski definition) is 4. The van der Waals surface area contributed by atoms with Crippen LogP contribution in [0.5, 0.6) is 0 Å². The Bertz CT molecular complexity index is 683. The first kappa shape index (κ1) is 21.0. The van der Waals surface area contributed by atoms with Gasteiger partial charge in [0.25, 0.3) is 5.60 Å². The van der Waals surface area contributed by atoms with Gasteiger partial charge in [0.2, 0.25) is 5.60 Å². The second-order valence-corrected chi connectivity index (χ2v) is 6.01. The molecule has 1 aliphatic heterocycles. The van der Waals surface area contributed by atoms with E-state index in [1.807, 2.05) is 0 Å². The number of ether oxygens (including phenoxy) is 1. The van der Waals surface area contributed by atoms with Crippen LogP contribution in [0.3, 0.4) is 0 Å². The summed E-state index contributed by atoms with van der Waals surface area (Å²) in [5.74, 6) is -5.13. The molecule has 10 nitrogen and oxygen atoms in total. The van der Waals surface area contributed by atoms with Crippen molar-refractivity contribution in [2.75, 3.05) is 0 Å². The van der Waals surface area contributed by atoms with Crippen LogP contribution in [-0.4, -0.2) is 78.8 Å². The van der Waals surface area contributed by atoms with Gasteiger partial charge in [0.05, 0.1) is 0 Å². The maximum absolute atomic E-state index is 12.2. The van der Waals surface area contributed by atoms with Crippen molar-refractivity contribution in [1.82, 2.24) is 0 Å². The van der Waals surface area contributed by atoms with Crippen molar-refractivity contribution in [3.8, 4) is 0 Å². The Balaban J connectivity index is 3.95. The van der Waals surface area contributed by atoms with E-state index in [1.165, 1.54) is 0 Å². The predicted molar refractivity (Wildman–Crippen MR) is 78.8 cm³/mol. The number of rotatable bonds is 5. The molecular weight excluding hydrogens is 338 g/mol. The summed E-state index contributed by atoms with van der Waals surface area (Å²) in [6, 6.07) is 0. The van der Waals surface area contributed by atoms with Crippen LogP contribution in [0.2, 0.25) is 0 Å². The standard InChI is InChI=1S/C15H19NO9/c1-6(17)10(21)11-13(22,7(2)18)15(24,9(4)20)14(23,8(3)19)12(16-5)25-11/h10-12,21-24H,1-4H3/t10?,11-,12-,13-,14+,15+/m1/s1. The normalized spacial score (nSPS) is 39.2. The average molecular weight is 357 g/mol. The monoisotopic (exact) mass is 357 g/mol. The molecule has 0 bridgehead atoms. The van der Waals surface area contributed by atoms with E-state index in [1.54, 1.807) is 0 Å². The SMILES string of the molecule is [C-]#[N+][C@@H]1O[C@H](C(O)C(C)=O)[C@](O)(C(C)=O)[C@@](O)(C(C)=O)[C@]1(O)C(C)=O. The summed E-state index contributed by atoms with van der Waals surface area (Å²) < 4.78 is 4.98. The zero-order valence-corrected chi connectivity index (χ0v) is 14.0. The molecule has 1 saturated heterocycles. The van der Waals surface area contributed by atoms with Crippen molar-refractivity contribution in [2.24, 2.45) is 0 Å². The van der Waals surface area contributed by atoms with E-state index in [0.717, 1.165) is 13.8 Å². The molecule has 0 spiro atoms. The number of Topliss-reactive ketones (excluding diaryl/α,β-unsaturated/α-hetero) is 4. The highest BCUT2D eigenvalue weighted by atomic mass is 16.6. The summed E-state index contributed by atoms with van der Waals surface area (Å²) in [5, 5.41) is 42.4. The van der Waals surface area contributed by atoms with Crippen LogP contribution in [0.25, 0.3) is 4.85 Å². The molecule has 0 aliphatic carbocycles. The van der Waals surface area contributed by atoms with Crippen LogP contribution in [-0.2, 0) is 23.9 Å². The lowest BCUT2D eigenvalue weighted by atomic mass is 9.59. The minimum absolute atomic E-state index is 0.672. The van der Waals surface area contributed by atoms with Gasteiger partial charge < -0.3 is 20.4 Å². The van der Waals surface area contributed by atoms with Gasteiger partial charge in [-0.2, -0.15) is 0 Å². The quantitative estimate of drug-likeness (QED) is 0.391. The van der Waals surface area contributed by atoms with Crippen LogP contribution in [0, 0.1) is 6.57 Å². The molecule has 0 radical (unpaired) electrons. The molecule has 0 amide bonds. The molecule has 25 heavy (non-hydrogen) atoms. The largest absolute Gasteiger partial charge is 0.382 e. The highest BCUT2D eigenvalue weighted by Gasteiger charge is 2.81. The van der Waals surface area contributed by atoms with Gasteiger partial charge in [-0.05, 0) is 27.7 Å². The Morgan fingerprint density at radius 2 is 1.40 bits per heavy atom. The Hall–Kier alpha value is -2.03. The molecule has 1 rings (SSSR count). The van der Waals surface area contributed by atoms with Gasteiger partial charge in [0, 0.05) is 0 Å². The number of hydrogen-bond acceptors (Lipinski definition) is 9. The van der Waals surface area contributed by atoms with Gasteiger partial charge in [-0.1, -0.05) is 0 Å². The Morgan fingerprint density at radius 3 is 1.68 bits per heavy atom. The summed E-state index contributed by atoms with van der Waals surface area (Å²) >= 11 is 0. The van der Waals surface area contributed by atoms with E-state index in [4.69, 9.17) is 11.3 Å². The van der Waals surface area contributed by atoms with Crippen molar-refractivity contribution < 1.29 is 44.3 Å². The summed E-state index contributed by atoms with van der Waals surface area (Å²) in [5.41, 5.74) is -10.2. The molecule has 10 heteroatoms. The molecule has 1 heterocycles. The fourth-order valence-corrected chi connectivity index (χ4v) is 3.07. The lowest BCUT2D eigenvalue weighted by Crippen LogP contribution is -2.86. The van der Waals surface area contributed by atoms with E-state index in [2.05, 4.69) is 4.85 Å². The number of ketones is 4. The van der Waals surface area contributed by atoms with E-state index in [-0.39, 0.29) is 0 Å². The van der Waals surface area contributed by atoms with Gasteiger partial charge in [0.15, 0.2) is 28.7 Å². The minimum atomic E-state index is -3.54. The number of nitrogens with zero attached hydrogens (tertiary/aromatic N) is 1. The van der Waals surface area contributed by atoms with Crippen molar-refractivity contribution in [3.05, 3.63) is 11.4 Å². The third kappa shape index (κ3) is 2.44. The van der Waals surface area contributed by atoms with Crippen LogP contribution < -0.4 is 0 Å². The predicted octanol–water partition coefficient (Wildman–Crippen LogP) is -2.46. The van der Waals surface area contributed by atoms with Crippen LogP contribution in [0.1, 0.15) is 27.7 Å². The smallest absolute Gasteiger partial charge is 0.367 e. The number of carbonyl (C=O) groups excluding carboxylic acids is 4. The van der Waals surface area contributed by atoms with Gasteiger partial charge in [0.1, 0.15) is 12.2 Å². The first-order chi connectivity index (χ1) is 11.2. The Kier molecular flexibility index (Phi) is 5.35. The summed E-state index contributed by atoms with van der Waals surface area (Å²) in [6.07, 6.45) is -6.76. The molecule has 1 unspecified atom stereocenters. The Morgan fingerprint density at radius 1 is 0.960 bits per heavy atom. The fraction of sp³-hybridized carbons (Fsp3) is 0.667. The first-order valence-corrected chi connectivity index (χ1v) is 7.15. The van der Waals surface area contributed by atoms with Crippen LogP contribution in [0.4, 0.5) is 0 Å². The fourth-order valence-electron chi connectivity index (χ4n) is 3.07. The first-order valence-electron chi connectivity index (χ1n) is 7.15. The highest BCUT2D eigenvalue weighted by Crippen LogP contribution is 2.47. The second-order valence-electron chi connectivity index (χ2n) is 6.01. The van der Waals surface area contributed by atoms with Crippen LogP contribution >= 0.6 is 0 Å². The summed E-state index contributed by atoms with van der Waals surface area (Å²) in [7, 11) is 0. The zero-order chi connectivity index (χ0) is 20.0. The second kappa shape index (κ2) is 6.36. The highest BCUT2D eigenvalue weighted by molar-refractivity contribution is 6.05. The number of aliphatic hydroxyl groups excluding tert-OH is 1. The summed E-state index contributed by atoms with van der Waals surface area (Å²) in [6.45, 7) is 10.0. The van der Waals surface area contributed by atoms with Gasteiger partial charge >= 0.3 is 6.23 Å². The van der Waals surface area contributed by atoms with E-state index < -0.39 is 58.4 Å². The molecule has 0 saturated carbocycles. The molecule has 1 aliphatic rings. The number of carbonyl (C=O) groups is 4. The minimum Gasteiger partial charge on any atom is -0.382 e. The van der Waals surface area contributed by atoms with E-state index in [9.17, 15) is 39.6 Å². The lowest BCUT2D eigenvalue weighted by Gasteiger charge is -2.54. The number of aliphatic hydroxyl groups is 4. The van der Waals surface area contributed by atoms with Gasteiger partial charge in [-0.3, -0.25) is 28.8 Å². The van der Waals surface area contributed by atoms with E-state index >= 15 is 0 Å². The Labute approximate surface area is 142 Å². The maximum Gasteiger partial charge on any atom is 0.367 e. The molecule has 0 aromatic heterocycles. The molecule has 0 aromatic rings. The molecule has 138 valence electrons. The topological polar surface area (TPSA) is 163 Å². The van der Waals surface area contributed by atoms with Crippen molar-refractivity contribution >= 4 is 23.1 Å². The molecule has 0 aromatic carbocycles. The average Bonchev–Trinajstić information content (AvgIpc) is 2.51. The van der Waals surface area contributed by atoms with Crippen molar-refractivity contribution in [3.63, 3.8) is 0 Å². The van der Waals surface area contributed by atoms with Gasteiger partial charge in [-0.15, -0.1) is 0 Å². The van der Waals surface area contributed by atoms with Crippen molar-refractivity contribution in [1.29, 1.82) is 0 Å². The molecular formula is C15H19NO9. The summed E-state index contributed by atoms with van der Waals surface area (Å²) in [4.78, 5) is 50.6. The van der Waals surface area contributed by atoms with Crippen LogP contribution in [0.15, 0.2) is 0 Å². The third-order valence-corrected chi connectivity index (χ3v) is 4.55. The lowest BCUT2D eigenvalue weighted by molar-refractivity contribution is -0.319. The maximum atomic E-state index is 12.2. The third-order valence-electron chi connectivity index (χ3n) is 4.55. The molecule has 4 N–H and O–H groups in total.